The van der Waals surface area contributed by atoms with Gasteiger partial charge >= 0.3 is 5.97 Å². The first kappa shape index (κ1) is 8.05. The van der Waals surface area contributed by atoms with Crippen LogP contribution in [0.3, 0.4) is 0 Å². The van der Waals surface area contributed by atoms with Gasteiger partial charge in [0.05, 0.1) is 6.61 Å². The third-order valence-corrected chi connectivity index (χ3v) is 3.20. The number of carboxylic acids is 1. The quantitative estimate of drug-likeness (QED) is 0.694. The van der Waals surface area contributed by atoms with Crippen molar-refractivity contribution in [2.75, 3.05) is 13.2 Å². The summed E-state index contributed by atoms with van der Waals surface area (Å²) in [6.45, 7) is 1.75. The first-order valence-corrected chi connectivity index (χ1v) is 4.52. The van der Waals surface area contributed by atoms with E-state index in [0.29, 0.717) is 17.8 Å². The van der Waals surface area contributed by atoms with E-state index in [2.05, 4.69) is 0 Å². The molecule has 2 fully saturated rings. The van der Waals surface area contributed by atoms with E-state index in [4.69, 9.17) is 9.84 Å². The zero-order valence-electron chi connectivity index (χ0n) is 7.08. The highest BCUT2D eigenvalue weighted by atomic mass is 16.5. The average molecular weight is 170 g/mol. The van der Waals surface area contributed by atoms with Crippen molar-refractivity contribution >= 4 is 5.97 Å². The largest absolute Gasteiger partial charge is 0.481 e. The van der Waals surface area contributed by atoms with Crippen LogP contribution in [0.1, 0.15) is 25.7 Å². The molecule has 3 nitrogen and oxygen atoms in total. The highest BCUT2D eigenvalue weighted by Crippen LogP contribution is 2.59. The van der Waals surface area contributed by atoms with E-state index in [9.17, 15) is 4.79 Å². The molecule has 2 rings (SSSR count). The Morgan fingerprint density at radius 2 is 2.50 bits per heavy atom. The van der Waals surface area contributed by atoms with Gasteiger partial charge in [-0.25, -0.2) is 0 Å². The number of rotatable bonds is 3. The van der Waals surface area contributed by atoms with Gasteiger partial charge in [0.25, 0.3) is 0 Å². The molecule has 0 radical (unpaired) electrons. The van der Waals surface area contributed by atoms with Crippen molar-refractivity contribution in [3.63, 3.8) is 0 Å². The lowest BCUT2D eigenvalue weighted by Gasteiger charge is -2.03. The van der Waals surface area contributed by atoms with Gasteiger partial charge in [-0.2, -0.15) is 0 Å². The summed E-state index contributed by atoms with van der Waals surface area (Å²) in [6, 6.07) is 0. The lowest BCUT2D eigenvalue weighted by Crippen LogP contribution is -2.04. The Morgan fingerprint density at radius 3 is 3.08 bits per heavy atom. The standard InChI is InChI=1S/C9H14O3/c10-8(11)2-1-7-5-9(7)3-4-12-6-9/h7H,1-6H2,(H,10,11). The summed E-state index contributed by atoms with van der Waals surface area (Å²) in [5.74, 6) is -0.0351. The number of hydrogen-bond acceptors (Lipinski definition) is 2. The Labute approximate surface area is 71.7 Å². The molecule has 1 spiro atoms. The van der Waals surface area contributed by atoms with Gasteiger partial charge in [0.2, 0.25) is 0 Å². The van der Waals surface area contributed by atoms with E-state index >= 15 is 0 Å². The highest BCUT2D eigenvalue weighted by molar-refractivity contribution is 5.66. The second-order valence-electron chi connectivity index (χ2n) is 4.00. The minimum atomic E-state index is -0.670. The molecule has 0 bridgehead atoms. The fourth-order valence-electron chi connectivity index (χ4n) is 2.24. The minimum absolute atomic E-state index is 0.326. The zero-order chi connectivity index (χ0) is 8.60. The van der Waals surface area contributed by atoms with Gasteiger partial charge in [-0.1, -0.05) is 0 Å². The summed E-state index contributed by atoms with van der Waals surface area (Å²) in [4.78, 5) is 10.3. The third-order valence-electron chi connectivity index (χ3n) is 3.20. The topological polar surface area (TPSA) is 46.5 Å². The number of aliphatic carboxylic acids is 1. The van der Waals surface area contributed by atoms with E-state index in [-0.39, 0.29) is 0 Å². The van der Waals surface area contributed by atoms with Crippen LogP contribution in [0.5, 0.6) is 0 Å². The van der Waals surface area contributed by atoms with Crippen molar-refractivity contribution in [1.82, 2.24) is 0 Å². The summed E-state index contributed by atoms with van der Waals surface area (Å²) in [5, 5.41) is 8.49. The molecule has 0 aromatic carbocycles. The molecule has 0 amide bonds. The first-order valence-electron chi connectivity index (χ1n) is 4.52. The molecule has 1 saturated heterocycles. The van der Waals surface area contributed by atoms with E-state index in [0.717, 1.165) is 26.1 Å². The van der Waals surface area contributed by atoms with Crippen LogP contribution < -0.4 is 0 Å². The SMILES string of the molecule is O=C(O)CCC1CC12CCOC2. The Hall–Kier alpha value is -0.570. The van der Waals surface area contributed by atoms with Crippen molar-refractivity contribution in [2.45, 2.75) is 25.7 Å². The Bertz CT molecular complexity index is 194. The molecule has 3 heteroatoms. The number of carboxylic acid groups (broad SMARTS) is 1. The molecule has 0 aromatic rings. The molecule has 1 aliphatic heterocycles. The molecule has 1 N–H and O–H groups in total. The van der Waals surface area contributed by atoms with Gasteiger partial charge in [-0.05, 0) is 30.6 Å². The van der Waals surface area contributed by atoms with Crippen LogP contribution in [0.2, 0.25) is 0 Å². The molecule has 2 atom stereocenters. The van der Waals surface area contributed by atoms with Gasteiger partial charge in [-0.15, -0.1) is 0 Å². The summed E-state index contributed by atoms with van der Waals surface area (Å²) in [6.07, 6.45) is 3.52. The van der Waals surface area contributed by atoms with Gasteiger partial charge in [-0.3, -0.25) is 4.79 Å². The lowest BCUT2D eigenvalue weighted by atomic mass is 10.0. The second-order valence-corrected chi connectivity index (χ2v) is 4.00. The maximum Gasteiger partial charge on any atom is 0.303 e. The van der Waals surface area contributed by atoms with Crippen LogP contribution in [0, 0.1) is 11.3 Å². The van der Waals surface area contributed by atoms with Crippen molar-refractivity contribution < 1.29 is 14.6 Å². The van der Waals surface area contributed by atoms with Crippen molar-refractivity contribution in [2.24, 2.45) is 11.3 Å². The van der Waals surface area contributed by atoms with Gasteiger partial charge < -0.3 is 9.84 Å². The summed E-state index contributed by atoms with van der Waals surface area (Å²) in [5.41, 5.74) is 0.412. The number of hydrogen-bond donors (Lipinski definition) is 1. The smallest absolute Gasteiger partial charge is 0.303 e. The molecule has 68 valence electrons. The summed E-state index contributed by atoms with van der Waals surface area (Å²) < 4.78 is 5.31. The highest BCUT2D eigenvalue weighted by Gasteiger charge is 2.55. The fourth-order valence-corrected chi connectivity index (χ4v) is 2.24. The maximum atomic E-state index is 10.3. The van der Waals surface area contributed by atoms with Crippen LogP contribution in [-0.2, 0) is 9.53 Å². The predicted octanol–water partition coefficient (Wildman–Crippen LogP) is 1.28. The van der Waals surface area contributed by atoms with Crippen molar-refractivity contribution in [3.8, 4) is 0 Å². The molecule has 1 saturated carbocycles. The Balaban J connectivity index is 1.76. The summed E-state index contributed by atoms with van der Waals surface area (Å²) >= 11 is 0. The molecule has 1 aliphatic carbocycles. The van der Waals surface area contributed by atoms with E-state index < -0.39 is 5.97 Å². The average Bonchev–Trinajstić information content (AvgIpc) is 2.42. The molecular formula is C9H14O3. The van der Waals surface area contributed by atoms with Gasteiger partial charge in [0.15, 0.2) is 0 Å². The zero-order valence-corrected chi connectivity index (χ0v) is 7.08. The predicted molar refractivity (Wildman–Crippen MR) is 42.8 cm³/mol. The fraction of sp³-hybridized carbons (Fsp3) is 0.889. The monoisotopic (exact) mass is 170 g/mol. The van der Waals surface area contributed by atoms with E-state index in [1.165, 1.54) is 6.42 Å². The van der Waals surface area contributed by atoms with E-state index in [1.54, 1.807) is 0 Å². The van der Waals surface area contributed by atoms with E-state index in [1.807, 2.05) is 0 Å². The van der Waals surface area contributed by atoms with Crippen molar-refractivity contribution in [1.29, 1.82) is 0 Å². The minimum Gasteiger partial charge on any atom is -0.481 e. The molecule has 2 unspecified atom stereocenters. The Kier molecular flexibility index (Phi) is 1.83. The molecule has 12 heavy (non-hydrogen) atoms. The Morgan fingerprint density at radius 1 is 1.67 bits per heavy atom. The molecule has 0 aromatic heterocycles. The van der Waals surface area contributed by atoms with Crippen LogP contribution in [0.25, 0.3) is 0 Å². The second kappa shape index (κ2) is 2.73. The molecule has 2 aliphatic rings. The van der Waals surface area contributed by atoms with Crippen LogP contribution >= 0.6 is 0 Å². The van der Waals surface area contributed by atoms with Crippen LogP contribution in [-0.4, -0.2) is 24.3 Å². The first-order chi connectivity index (χ1) is 5.73. The molecular weight excluding hydrogens is 156 g/mol. The van der Waals surface area contributed by atoms with Crippen molar-refractivity contribution in [3.05, 3.63) is 0 Å². The molecule has 1 heterocycles. The van der Waals surface area contributed by atoms with Gasteiger partial charge in [0, 0.05) is 13.0 Å². The summed E-state index contributed by atoms with van der Waals surface area (Å²) in [7, 11) is 0. The number of carbonyl (C=O) groups is 1. The number of ether oxygens (including phenoxy) is 1. The maximum absolute atomic E-state index is 10.3. The van der Waals surface area contributed by atoms with Crippen LogP contribution in [0.15, 0.2) is 0 Å². The normalized spacial score (nSPS) is 38.8. The lowest BCUT2D eigenvalue weighted by molar-refractivity contribution is -0.137. The van der Waals surface area contributed by atoms with Gasteiger partial charge in [0.1, 0.15) is 0 Å². The van der Waals surface area contributed by atoms with Crippen LogP contribution in [0.4, 0.5) is 0 Å². The third kappa shape index (κ3) is 1.33.